The molecule has 2 aromatic heterocycles. The lowest BCUT2D eigenvalue weighted by molar-refractivity contribution is -0.113. The average molecular weight is 632 g/mol. The largest absolute Gasteiger partial charge is 0.360 e. The van der Waals surface area contributed by atoms with Gasteiger partial charge in [0.2, 0.25) is 5.78 Å². The van der Waals surface area contributed by atoms with Gasteiger partial charge in [-0.2, -0.15) is 0 Å². The Bertz CT molecular complexity index is 1750. The van der Waals surface area contributed by atoms with Crippen LogP contribution in [0.2, 0.25) is 0 Å². The molecule has 2 N–H and O–H groups in total. The number of benzene rings is 2. The summed E-state index contributed by atoms with van der Waals surface area (Å²) in [4.78, 5) is 34.9. The Morgan fingerprint density at radius 1 is 0.947 bits per heavy atom. The first-order chi connectivity index (χ1) is 18.1. The summed E-state index contributed by atoms with van der Waals surface area (Å²) < 4.78 is 0.492. The smallest absolute Gasteiger partial charge is 0.208 e. The molecule has 0 fully saturated rings. The number of fused-ring (bicyclic) bond motifs is 2. The fourth-order valence-corrected chi connectivity index (χ4v) is 6.44. The van der Waals surface area contributed by atoms with Crippen LogP contribution in [0.4, 0.5) is 0 Å². The molecule has 1 aliphatic carbocycles. The van der Waals surface area contributed by atoms with Gasteiger partial charge in [0.25, 0.3) is 0 Å². The number of rotatable bonds is 6. The highest BCUT2D eigenvalue weighted by molar-refractivity contribution is 9.13. The van der Waals surface area contributed by atoms with Crippen molar-refractivity contribution < 1.29 is 9.59 Å². The van der Waals surface area contributed by atoms with Crippen LogP contribution in [0.25, 0.3) is 33.0 Å². The Labute approximate surface area is 238 Å². The normalized spacial score (nSPS) is 14.7. The molecule has 0 amide bonds. The predicted octanol–water partition coefficient (Wildman–Crippen LogP) is 8.69. The molecule has 192 valence electrons. The molecule has 2 heterocycles. The Morgan fingerprint density at radius 3 is 2.34 bits per heavy atom. The average Bonchev–Trinajstić information content (AvgIpc) is 3.49. The van der Waals surface area contributed by atoms with Gasteiger partial charge in [0, 0.05) is 50.2 Å². The monoisotopic (exact) mass is 630 g/mol. The van der Waals surface area contributed by atoms with Crippen LogP contribution >= 0.6 is 31.9 Å². The summed E-state index contributed by atoms with van der Waals surface area (Å²) in [6, 6.07) is 13.9. The number of hydrogen-bond donors (Lipinski definition) is 2. The molecule has 1 aliphatic rings. The number of nitrogens with one attached hydrogen (secondary N) is 2. The van der Waals surface area contributed by atoms with E-state index < -0.39 is 5.41 Å². The van der Waals surface area contributed by atoms with Crippen molar-refractivity contribution in [3.8, 4) is 0 Å². The van der Waals surface area contributed by atoms with E-state index in [0.717, 1.165) is 45.0 Å². The van der Waals surface area contributed by atoms with E-state index in [1.807, 2.05) is 62.5 Å². The first-order valence-electron chi connectivity index (χ1n) is 12.4. The standard InChI is InChI=1S/C32H28Br2N2O2/c1-6-32(4,5)31-23(20-11-7-8-13-22(20)36-31)25-27(34)30(38)26(33)24(29(25)37)21-16-35-28-18(15-14-17(2)3)10-9-12-19(21)28/h6-14,16,35-36H,1,15H2,2-5H3. The highest BCUT2D eigenvalue weighted by Crippen LogP contribution is 2.46. The second-order valence-corrected chi connectivity index (χ2v) is 12.0. The molecule has 0 radical (unpaired) electrons. The Morgan fingerprint density at radius 2 is 1.63 bits per heavy atom. The van der Waals surface area contributed by atoms with Crippen molar-refractivity contribution in [3.63, 3.8) is 0 Å². The van der Waals surface area contributed by atoms with E-state index in [1.165, 1.54) is 5.57 Å². The molecule has 5 rings (SSSR count). The van der Waals surface area contributed by atoms with Crippen LogP contribution in [-0.2, 0) is 21.4 Å². The van der Waals surface area contributed by atoms with Gasteiger partial charge in [-0.25, -0.2) is 0 Å². The summed E-state index contributed by atoms with van der Waals surface area (Å²) in [6.45, 7) is 12.3. The molecule has 4 aromatic rings. The third-order valence-corrected chi connectivity index (χ3v) is 8.72. The third-order valence-electron chi connectivity index (χ3n) is 7.20. The number of carbonyl (C=O) groups is 2. The summed E-state index contributed by atoms with van der Waals surface area (Å²) in [6.07, 6.45) is 6.64. The molecule has 2 aromatic carbocycles. The van der Waals surface area contributed by atoms with Crippen molar-refractivity contribution in [3.05, 3.63) is 104 Å². The number of H-pyrrole nitrogens is 2. The van der Waals surface area contributed by atoms with Gasteiger partial charge in [-0.15, -0.1) is 6.58 Å². The summed E-state index contributed by atoms with van der Waals surface area (Å²) >= 11 is 6.99. The number of ketones is 2. The summed E-state index contributed by atoms with van der Waals surface area (Å²) in [5.74, 6) is -0.484. The number of para-hydroxylation sites is 2. The van der Waals surface area contributed by atoms with Crippen LogP contribution in [0, 0.1) is 0 Å². The minimum atomic E-state index is -0.475. The molecule has 38 heavy (non-hydrogen) atoms. The zero-order chi connectivity index (χ0) is 27.4. The van der Waals surface area contributed by atoms with Crippen LogP contribution in [0.1, 0.15) is 50.1 Å². The van der Waals surface area contributed by atoms with Crippen LogP contribution in [0.3, 0.4) is 0 Å². The van der Waals surface area contributed by atoms with Gasteiger partial charge in [-0.1, -0.05) is 68.0 Å². The van der Waals surface area contributed by atoms with Crippen molar-refractivity contribution in [2.75, 3.05) is 0 Å². The lowest BCUT2D eigenvalue weighted by Crippen LogP contribution is -2.22. The number of Topliss-reactive ketones (excluding diaryl/α,β-unsaturated/α-hetero) is 2. The highest BCUT2D eigenvalue weighted by atomic mass is 79.9. The fourth-order valence-electron chi connectivity index (χ4n) is 5.01. The maximum atomic E-state index is 14.5. The fraction of sp³-hybridized carbons (Fsp3) is 0.188. The molecule has 0 saturated heterocycles. The Kier molecular flexibility index (Phi) is 6.82. The number of halogens is 2. The number of aromatic amines is 2. The Hall–Kier alpha value is -3.22. The zero-order valence-corrected chi connectivity index (χ0v) is 24.9. The number of aromatic nitrogens is 2. The minimum absolute atomic E-state index is 0.218. The predicted molar refractivity (Wildman–Crippen MR) is 165 cm³/mol. The third kappa shape index (κ3) is 4.20. The highest BCUT2D eigenvalue weighted by Gasteiger charge is 2.38. The van der Waals surface area contributed by atoms with E-state index in [-0.39, 0.29) is 20.5 Å². The van der Waals surface area contributed by atoms with E-state index in [4.69, 9.17) is 0 Å². The first-order valence-corrected chi connectivity index (χ1v) is 14.0. The quantitative estimate of drug-likeness (QED) is 0.165. The lowest BCUT2D eigenvalue weighted by Gasteiger charge is -2.24. The van der Waals surface area contributed by atoms with Gasteiger partial charge in [-0.05, 0) is 63.8 Å². The SMILES string of the molecule is C=CC(C)(C)c1[nH]c2ccccc2c1C1=C(Br)C(=O)C(Br)=C(c2c[nH]c3c(CC=C(C)C)cccc23)C1=O. The van der Waals surface area contributed by atoms with E-state index in [9.17, 15) is 9.59 Å². The second-order valence-electron chi connectivity index (χ2n) is 10.4. The van der Waals surface area contributed by atoms with Gasteiger partial charge in [0.15, 0.2) is 5.78 Å². The van der Waals surface area contributed by atoms with Crippen molar-refractivity contribution in [2.24, 2.45) is 0 Å². The van der Waals surface area contributed by atoms with Crippen molar-refractivity contribution in [1.29, 1.82) is 0 Å². The summed E-state index contributed by atoms with van der Waals surface area (Å²) in [7, 11) is 0. The van der Waals surface area contributed by atoms with Gasteiger partial charge in [0.1, 0.15) is 0 Å². The molecule has 0 bridgehead atoms. The zero-order valence-electron chi connectivity index (χ0n) is 21.8. The van der Waals surface area contributed by atoms with E-state index >= 15 is 0 Å². The lowest BCUT2D eigenvalue weighted by atomic mass is 9.80. The molecule has 0 unspecified atom stereocenters. The first kappa shape index (κ1) is 26.4. The van der Waals surface area contributed by atoms with Gasteiger partial charge in [0.05, 0.1) is 20.1 Å². The maximum absolute atomic E-state index is 14.5. The van der Waals surface area contributed by atoms with Crippen molar-refractivity contribution >= 4 is 76.4 Å². The molecule has 4 nitrogen and oxygen atoms in total. The van der Waals surface area contributed by atoms with Gasteiger partial charge in [-0.3, -0.25) is 9.59 Å². The molecule has 0 spiro atoms. The summed E-state index contributed by atoms with van der Waals surface area (Å²) in [5.41, 5.74) is 6.71. The summed E-state index contributed by atoms with van der Waals surface area (Å²) in [5, 5.41) is 1.78. The van der Waals surface area contributed by atoms with Gasteiger partial charge < -0.3 is 9.97 Å². The van der Waals surface area contributed by atoms with Crippen LogP contribution < -0.4 is 0 Å². The van der Waals surface area contributed by atoms with Crippen molar-refractivity contribution in [2.45, 2.75) is 39.5 Å². The minimum Gasteiger partial charge on any atom is -0.360 e. The van der Waals surface area contributed by atoms with Crippen LogP contribution in [0.15, 0.2) is 81.9 Å². The van der Waals surface area contributed by atoms with E-state index in [1.54, 1.807) is 0 Å². The molecular formula is C32H28Br2N2O2. The molecule has 0 atom stereocenters. The number of allylic oxidation sites excluding steroid dienone is 7. The molecule has 0 aliphatic heterocycles. The van der Waals surface area contributed by atoms with E-state index in [2.05, 4.69) is 74.4 Å². The van der Waals surface area contributed by atoms with Crippen LogP contribution in [-0.4, -0.2) is 21.5 Å². The maximum Gasteiger partial charge on any atom is 0.208 e. The second kappa shape index (κ2) is 9.83. The van der Waals surface area contributed by atoms with Gasteiger partial charge >= 0.3 is 0 Å². The number of carbonyl (C=O) groups excluding carboxylic acids is 2. The molecule has 0 saturated carbocycles. The molecular weight excluding hydrogens is 604 g/mol. The van der Waals surface area contributed by atoms with E-state index in [0.29, 0.717) is 16.7 Å². The molecule has 6 heteroatoms. The number of hydrogen-bond acceptors (Lipinski definition) is 2. The van der Waals surface area contributed by atoms with Crippen LogP contribution in [0.5, 0.6) is 0 Å². The Balaban J connectivity index is 1.74. The topological polar surface area (TPSA) is 65.7 Å². The van der Waals surface area contributed by atoms with Crippen molar-refractivity contribution in [1.82, 2.24) is 9.97 Å².